The molecule has 0 aromatic carbocycles. The first-order valence-corrected chi connectivity index (χ1v) is 7.98. The second-order valence-corrected chi connectivity index (χ2v) is 5.85. The molecule has 0 radical (unpaired) electrons. The molecule has 2 N–H and O–H groups in total. The lowest BCUT2D eigenvalue weighted by Crippen LogP contribution is -2.56. The van der Waals surface area contributed by atoms with E-state index < -0.39 is 24.2 Å². The van der Waals surface area contributed by atoms with E-state index in [2.05, 4.69) is 5.32 Å². The number of ether oxygens (including phenoxy) is 2. The molecule has 8 heteroatoms. The van der Waals surface area contributed by atoms with E-state index in [1.54, 1.807) is 13.8 Å². The van der Waals surface area contributed by atoms with Crippen molar-refractivity contribution in [3.05, 3.63) is 0 Å². The third-order valence-electron chi connectivity index (χ3n) is 3.49. The molecular formula is C15H26N2O6. The summed E-state index contributed by atoms with van der Waals surface area (Å²) in [5.74, 6) is -1.07. The highest BCUT2D eigenvalue weighted by atomic mass is 16.6. The van der Waals surface area contributed by atoms with Crippen LogP contribution in [-0.4, -0.2) is 59.5 Å². The van der Waals surface area contributed by atoms with Gasteiger partial charge in [-0.15, -0.1) is 0 Å². The number of alkyl carbamates (subject to hydrolysis) is 1. The number of unbranched alkanes of at least 4 members (excludes halogenated alkanes) is 1. The molecule has 1 saturated heterocycles. The molecule has 1 rings (SSSR count). The second kappa shape index (κ2) is 9.22. The van der Waals surface area contributed by atoms with E-state index in [4.69, 9.17) is 9.47 Å². The van der Waals surface area contributed by atoms with Gasteiger partial charge in [0.15, 0.2) is 0 Å². The minimum Gasteiger partial charge on any atom is -0.480 e. The van der Waals surface area contributed by atoms with E-state index in [1.165, 1.54) is 4.90 Å². The predicted octanol–water partition coefficient (Wildman–Crippen LogP) is 1.98. The number of carbonyl (C=O) groups is 3. The molecule has 0 aliphatic carbocycles. The van der Waals surface area contributed by atoms with Crippen LogP contribution >= 0.6 is 0 Å². The summed E-state index contributed by atoms with van der Waals surface area (Å²) in [5.41, 5.74) is 0. The zero-order valence-corrected chi connectivity index (χ0v) is 13.9. The third kappa shape index (κ3) is 6.33. The topological polar surface area (TPSA) is 105 Å². The van der Waals surface area contributed by atoms with Gasteiger partial charge in [0.25, 0.3) is 0 Å². The Bertz CT molecular complexity index is 426. The zero-order valence-electron chi connectivity index (χ0n) is 13.9. The summed E-state index contributed by atoms with van der Waals surface area (Å²) < 4.78 is 10.1. The highest BCUT2D eigenvalue weighted by Crippen LogP contribution is 2.19. The third-order valence-corrected chi connectivity index (χ3v) is 3.49. The fourth-order valence-electron chi connectivity index (χ4n) is 2.35. The van der Waals surface area contributed by atoms with Crippen molar-refractivity contribution in [1.82, 2.24) is 10.2 Å². The van der Waals surface area contributed by atoms with Gasteiger partial charge in [-0.2, -0.15) is 0 Å². The fraction of sp³-hybridized carbons (Fsp3) is 0.800. The van der Waals surface area contributed by atoms with Crippen molar-refractivity contribution in [3.8, 4) is 0 Å². The lowest BCUT2D eigenvalue weighted by atomic mass is 9.99. The molecule has 132 valence electrons. The van der Waals surface area contributed by atoms with Crippen LogP contribution in [0.25, 0.3) is 0 Å². The van der Waals surface area contributed by atoms with Gasteiger partial charge >= 0.3 is 18.2 Å². The summed E-state index contributed by atoms with van der Waals surface area (Å²) in [4.78, 5) is 36.2. The van der Waals surface area contributed by atoms with Gasteiger partial charge in [0.1, 0.15) is 6.04 Å². The highest BCUT2D eigenvalue weighted by Gasteiger charge is 2.37. The van der Waals surface area contributed by atoms with Crippen LogP contribution in [0.3, 0.4) is 0 Å². The number of nitrogens with zero attached hydrogens (tertiary/aromatic N) is 1. The molecule has 8 nitrogen and oxygen atoms in total. The molecule has 23 heavy (non-hydrogen) atoms. The molecule has 0 aromatic rings. The summed E-state index contributed by atoms with van der Waals surface area (Å²) >= 11 is 0. The van der Waals surface area contributed by atoms with E-state index in [1.807, 2.05) is 6.92 Å². The van der Waals surface area contributed by atoms with E-state index >= 15 is 0 Å². The van der Waals surface area contributed by atoms with Gasteiger partial charge in [0.05, 0.1) is 18.8 Å². The summed E-state index contributed by atoms with van der Waals surface area (Å²) in [7, 11) is 0. The lowest BCUT2D eigenvalue weighted by molar-refractivity contribution is -0.144. The normalized spacial score (nSPS) is 21.0. The standard InChI is InChI=1S/C15H26N2O6/c1-4-5-8-22-15(21)17-9-11(6-7-12(17)13(18)19)16-14(20)23-10(2)3/h10-12H,4-9H2,1-3H3,(H,16,20)(H,18,19). The van der Waals surface area contributed by atoms with Crippen LogP contribution in [0.4, 0.5) is 9.59 Å². The number of hydrogen-bond acceptors (Lipinski definition) is 5. The van der Waals surface area contributed by atoms with E-state index in [9.17, 15) is 19.5 Å². The molecule has 1 aliphatic heterocycles. The minimum absolute atomic E-state index is 0.0924. The SMILES string of the molecule is CCCCOC(=O)N1CC(NC(=O)OC(C)C)CCC1C(=O)O. The van der Waals surface area contributed by atoms with E-state index in [0.29, 0.717) is 6.42 Å². The molecule has 0 saturated carbocycles. The lowest BCUT2D eigenvalue weighted by Gasteiger charge is -2.36. The van der Waals surface area contributed by atoms with Crippen molar-refractivity contribution in [2.75, 3.05) is 13.2 Å². The largest absolute Gasteiger partial charge is 0.480 e. The minimum atomic E-state index is -1.07. The number of likely N-dealkylation sites (tertiary alicyclic amines) is 1. The average molecular weight is 330 g/mol. The quantitative estimate of drug-likeness (QED) is 0.721. The van der Waals surface area contributed by atoms with Gasteiger partial charge in [-0.25, -0.2) is 14.4 Å². The number of amides is 2. The molecular weight excluding hydrogens is 304 g/mol. The molecule has 1 aliphatic rings. The van der Waals surface area contributed by atoms with Crippen LogP contribution in [0.5, 0.6) is 0 Å². The molecule has 1 heterocycles. The predicted molar refractivity (Wildman–Crippen MR) is 82.2 cm³/mol. The summed E-state index contributed by atoms with van der Waals surface area (Å²) in [6.07, 6.45) is 0.835. The Hall–Kier alpha value is -1.99. The summed E-state index contributed by atoms with van der Waals surface area (Å²) in [5, 5.41) is 11.9. The zero-order chi connectivity index (χ0) is 17.4. The second-order valence-electron chi connectivity index (χ2n) is 5.85. The molecule has 0 spiro atoms. The van der Waals surface area contributed by atoms with Gasteiger partial charge in [0.2, 0.25) is 0 Å². The number of nitrogens with one attached hydrogen (secondary N) is 1. The number of aliphatic carboxylic acids is 1. The molecule has 1 fully saturated rings. The number of hydrogen-bond donors (Lipinski definition) is 2. The van der Waals surface area contributed by atoms with Gasteiger partial charge in [-0.1, -0.05) is 13.3 Å². The molecule has 2 amide bonds. The molecule has 0 bridgehead atoms. The first-order valence-electron chi connectivity index (χ1n) is 7.98. The monoisotopic (exact) mass is 330 g/mol. The maximum atomic E-state index is 12.1. The van der Waals surface area contributed by atoms with Crippen molar-refractivity contribution in [2.45, 2.75) is 64.6 Å². The maximum Gasteiger partial charge on any atom is 0.410 e. The van der Waals surface area contributed by atoms with Crippen LogP contribution in [0.15, 0.2) is 0 Å². The maximum absolute atomic E-state index is 12.1. The Balaban J connectivity index is 2.63. The van der Waals surface area contributed by atoms with Gasteiger partial charge in [0, 0.05) is 6.54 Å². The highest BCUT2D eigenvalue weighted by molar-refractivity contribution is 5.80. The van der Waals surface area contributed by atoms with Gasteiger partial charge < -0.3 is 19.9 Å². The summed E-state index contributed by atoms with van der Waals surface area (Å²) in [6.45, 7) is 5.78. The van der Waals surface area contributed by atoms with Gasteiger partial charge in [-0.3, -0.25) is 4.90 Å². The Morgan fingerprint density at radius 1 is 1.30 bits per heavy atom. The van der Waals surface area contributed by atoms with E-state index in [-0.39, 0.29) is 31.7 Å². The number of piperidine rings is 1. The first-order chi connectivity index (χ1) is 10.8. The molecule has 2 unspecified atom stereocenters. The number of carboxylic acids is 1. The van der Waals surface area contributed by atoms with Crippen molar-refractivity contribution in [1.29, 1.82) is 0 Å². The van der Waals surface area contributed by atoms with Crippen molar-refractivity contribution in [2.24, 2.45) is 0 Å². The summed E-state index contributed by atoms with van der Waals surface area (Å²) in [6, 6.07) is -1.28. The number of rotatable bonds is 6. The number of carboxylic acid groups (broad SMARTS) is 1. The molecule has 2 atom stereocenters. The average Bonchev–Trinajstić information content (AvgIpc) is 2.46. The Kier molecular flexibility index (Phi) is 7.64. The first kappa shape index (κ1) is 19.1. The van der Waals surface area contributed by atoms with Crippen molar-refractivity contribution < 1.29 is 29.0 Å². The van der Waals surface area contributed by atoms with E-state index in [0.717, 1.165) is 12.8 Å². The Morgan fingerprint density at radius 3 is 2.57 bits per heavy atom. The van der Waals surface area contributed by atoms with Crippen LogP contribution in [-0.2, 0) is 14.3 Å². The Labute approximate surface area is 136 Å². The molecule has 0 aromatic heterocycles. The number of carbonyl (C=O) groups excluding carboxylic acids is 2. The Morgan fingerprint density at radius 2 is 2.00 bits per heavy atom. The van der Waals surface area contributed by atoms with Crippen molar-refractivity contribution >= 4 is 18.2 Å². The van der Waals surface area contributed by atoms with Crippen LogP contribution in [0.1, 0.15) is 46.5 Å². The van der Waals surface area contributed by atoms with Gasteiger partial charge in [-0.05, 0) is 33.1 Å². The smallest absolute Gasteiger partial charge is 0.410 e. The van der Waals surface area contributed by atoms with Crippen molar-refractivity contribution in [3.63, 3.8) is 0 Å². The fourth-order valence-corrected chi connectivity index (χ4v) is 2.35. The van der Waals surface area contributed by atoms with Crippen LogP contribution < -0.4 is 5.32 Å². The van der Waals surface area contributed by atoms with Crippen LogP contribution in [0, 0.1) is 0 Å². The van der Waals surface area contributed by atoms with Crippen LogP contribution in [0.2, 0.25) is 0 Å².